The van der Waals surface area contributed by atoms with Crippen LogP contribution >= 0.6 is 0 Å². The van der Waals surface area contributed by atoms with Gasteiger partial charge in [-0.1, -0.05) is 32.1 Å². The van der Waals surface area contributed by atoms with Crippen LogP contribution in [-0.2, 0) is 4.79 Å². The lowest BCUT2D eigenvalue weighted by Gasteiger charge is -2.33. The molecule has 1 saturated carbocycles. The molecule has 3 atom stereocenters. The predicted molar refractivity (Wildman–Crippen MR) is 93.2 cm³/mol. The predicted octanol–water partition coefficient (Wildman–Crippen LogP) is 3.87. The zero-order valence-corrected chi connectivity index (χ0v) is 14.6. The molecule has 0 spiro atoms. The van der Waals surface area contributed by atoms with Gasteiger partial charge in [-0.3, -0.25) is 4.79 Å². The number of likely N-dealkylation sites (tertiary alicyclic amines) is 1. The molecule has 3 heteroatoms. The first kappa shape index (κ1) is 15.9. The van der Waals surface area contributed by atoms with Crippen LogP contribution in [0.4, 0.5) is 0 Å². The Morgan fingerprint density at radius 3 is 2.35 bits per heavy atom. The van der Waals surface area contributed by atoms with Gasteiger partial charge in [0.15, 0.2) is 0 Å². The number of amides is 1. The van der Waals surface area contributed by atoms with Crippen LogP contribution in [0.1, 0.15) is 83.5 Å². The van der Waals surface area contributed by atoms with Crippen LogP contribution in [0.2, 0.25) is 0 Å². The minimum Gasteiger partial charge on any atom is -0.340 e. The summed E-state index contributed by atoms with van der Waals surface area (Å²) in [6.45, 7) is 1.04. The molecule has 3 nitrogen and oxygen atoms in total. The van der Waals surface area contributed by atoms with Crippen LogP contribution in [0.25, 0.3) is 0 Å². The molecule has 3 saturated heterocycles. The lowest BCUT2D eigenvalue weighted by Crippen LogP contribution is -2.42. The van der Waals surface area contributed by atoms with Crippen LogP contribution < -0.4 is 5.32 Å². The zero-order valence-electron chi connectivity index (χ0n) is 14.6. The third-order valence-electron chi connectivity index (χ3n) is 7.06. The fraction of sp³-hybridized carbons (Fsp3) is 0.950. The Kier molecular flexibility index (Phi) is 4.93. The smallest absolute Gasteiger partial charge is 0.223 e. The van der Waals surface area contributed by atoms with Crippen molar-refractivity contribution >= 4 is 5.91 Å². The molecular formula is C20H34N2O. The Morgan fingerprint density at radius 1 is 0.870 bits per heavy atom. The van der Waals surface area contributed by atoms with E-state index >= 15 is 0 Å². The summed E-state index contributed by atoms with van der Waals surface area (Å²) in [4.78, 5) is 15.2. The van der Waals surface area contributed by atoms with Crippen molar-refractivity contribution in [3.8, 4) is 0 Å². The Hall–Kier alpha value is -0.570. The van der Waals surface area contributed by atoms with Crippen molar-refractivity contribution in [2.45, 2.75) is 102 Å². The van der Waals surface area contributed by atoms with E-state index in [1.807, 2.05) is 0 Å². The van der Waals surface area contributed by atoms with Gasteiger partial charge in [-0.25, -0.2) is 0 Å². The van der Waals surface area contributed by atoms with Crippen molar-refractivity contribution in [3.05, 3.63) is 0 Å². The molecule has 0 aromatic rings. The number of carbonyl (C=O) groups is 1. The van der Waals surface area contributed by atoms with Crippen LogP contribution in [0.15, 0.2) is 0 Å². The Balaban J connectivity index is 1.29. The number of hydrogen-bond acceptors (Lipinski definition) is 2. The number of piperidine rings is 1. The summed E-state index contributed by atoms with van der Waals surface area (Å²) in [7, 11) is 0. The lowest BCUT2D eigenvalue weighted by atomic mass is 9.84. The first-order valence-electron chi connectivity index (χ1n) is 10.3. The van der Waals surface area contributed by atoms with E-state index in [0.717, 1.165) is 18.9 Å². The first-order valence-corrected chi connectivity index (χ1v) is 10.3. The van der Waals surface area contributed by atoms with E-state index in [-0.39, 0.29) is 0 Å². The second kappa shape index (κ2) is 7.13. The molecule has 4 fully saturated rings. The molecule has 1 aliphatic carbocycles. The SMILES string of the molecule is O=C(CC1CC2CCC(C1)N2)N1CCCC1CC1CCCCC1. The summed E-state index contributed by atoms with van der Waals surface area (Å²) in [5.41, 5.74) is 0. The van der Waals surface area contributed by atoms with Gasteiger partial charge in [0.05, 0.1) is 0 Å². The van der Waals surface area contributed by atoms with E-state index in [2.05, 4.69) is 10.2 Å². The maximum atomic E-state index is 12.9. The normalized spacial score (nSPS) is 38.2. The standard InChI is InChI=1S/C20H34N2O/c23-20(14-16-11-17-8-9-18(12-16)21-17)22-10-4-7-19(22)13-15-5-2-1-3-6-15/h15-19,21H,1-14H2. The monoisotopic (exact) mass is 318 g/mol. The van der Waals surface area contributed by atoms with Gasteiger partial charge in [-0.15, -0.1) is 0 Å². The van der Waals surface area contributed by atoms with Gasteiger partial charge in [0, 0.05) is 31.1 Å². The summed E-state index contributed by atoms with van der Waals surface area (Å²) in [6, 6.07) is 2.00. The summed E-state index contributed by atoms with van der Waals surface area (Å²) in [5.74, 6) is 2.03. The number of carbonyl (C=O) groups excluding carboxylic acids is 1. The highest BCUT2D eigenvalue weighted by Gasteiger charge is 2.37. The van der Waals surface area contributed by atoms with Crippen LogP contribution in [0.5, 0.6) is 0 Å². The number of fused-ring (bicyclic) bond motifs is 2. The summed E-state index contributed by atoms with van der Waals surface area (Å²) in [5, 5.41) is 3.70. The highest BCUT2D eigenvalue weighted by atomic mass is 16.2. The van der Waals surface area contributed by atoms with Gasteiger partial charge in [-0.2, -0.15) is 0 Å². The Morgan fingerprint density at radius 2 is 1.61 bits per heavy atom. The van der Waals surface area contributed by atoms with Crippen molar-refractivity contribution in [1.29, 1.82) is 0 Å². The molecular weight excluding hydrogens is 284 g/mol. The van der Waals surface area contributed by atoms with Crippen molar-refractivity contribution in [2.75, 3.05) is 6.54 Å². The number of nitrogens with one attached hydrogen (secondary N) is 1. The molecule has 1 amide bonds. The van der Waals surface area contributed by atoms with Gasteiger partial charge in [0.1, 0.15) is 0 Å². The molecule has 23 heavy (non-hydrogen) atoms. The van der Waals surface area contributed by atoms with Gasteiger partial charge < -0.3 is 10.2 Å². The minimum absolute atomic E-state index is 0.481. The second-order valence-electron chi connectivity index (χ2n) is 8.80. The largest absolute Gasteiger partial charge is 0.340 e. The van der Waals surface area contributed by atoms with Gasteiger partial charge >= 0.3 is 0 Å². The molecule has 3 heterocycles. The summed E-state index contributed by atoms with van der Waals surface area (Å²) >= 11 is 0. The van der Waals surface area contributed by atoms with E-state index in [0.29, 0.717) is 30.0 Å². The third-order valence-corrected chi connectivity index (χ3v) is 7.06. The summed E-state index contributed by atoms with van der Waals surface area (Å²) in [6.07, 6.45) is 16.9. The van der Waals surface area contributed by atoms with E-state index in [9.17, 15) is 4.79 Å². The van der Waals surface area contributed by atoms with Crippen LogP contribution in [0, 0.1) is 11.8 Å². The Labute approximate surface area is 141 Å². The second-order valence-corrected chi connectivity index (χ2v) is 8.80. The van der Waals surface area contributed by atoms with Crippen molar-refractivity contribution in [2.24, 2.45) is 11.8 Å². The summed E-state index contributed by atoms with van der Waals surface area (Å²) < 4.78 is 0. The van der Waals surface area contributed by atoms with Gasteiger partial charge in [0.2, 0.25) is 5.91 Å². The maximum Gasteiger partial charge on any atom is 0.223 e. The van der Waals surface area contributed by atoms with Crippen LogP contribution in [0.3, 0.4) is 0 Å². The molecule has 3 unspecified atom stereocenters. The highest BCUT2D eigenvalue weighted by molar-refractivity contribution is 5.77. The average molecular weight is 319 g/mol. The Bertz CT molecular complexity index is 406. The quantitative estimate of drug-likeness (QED) is 0.853. The molecule has 130 valence electrons. The topological polar surface area (TPSA) is 32.3 Å². The fourth-order valence-electron chi connectivity index (χ4n) is 5.92. The van der Waals surface area contributed by atoms with Crippen molar-refractivity contribution < 1.29 is 4.79 Å². The molecule has 0 radical (unpaired) electrons. The number of hydrogen-bond donors (Lipinski definition) is 1. The molecule has 0 aromatic heterocycles. The van der Waals surface area contributed by atoms with Crippen LogP contribution in [-0.4, -0.2) is 35.5 Å². The first-order chi connectivity index (χ1) is 11.3. The molecule has 4 rings (SSSR count). The van der Waals surface area contributed by atoms with Gasteiger partial charge in [0.25, 0.3) is 0 Å². The molecule has 0 aromatic carbocycles. The fourth-order valence-corrected chi connectivity index (χ4v) is 5.92. The molecule has 1 N–H and O–H groups in total. The van der Waals surface area contributed by atoms with E-state index < -0.39 is 0 Å². The van der Waals surface area contributed by atoms with Gasteiger partial charge in [-0.05, 0) is 56.8 Å². The van der Waals surface area contributed by atoms with E-state index in [4.69, 9.17) is 0 Å². The highest BCUT2D eigenvalue weighted by Crippen LogP contribution is 2.35. The maximum absolute atomic E-state index is 12.9. The minimum atomic E-state index is 0.481. The number of nitrogens with zero attached hydrogens (tertiary/aromatic N) is 1. The molecule has 2 bridgehead atoms. The van der Waals surface area contributed by atoms with Crippen molar-refractivity contribution in [3.63, 3.8) is 0 Å². The average Bonchev–Trinajstić information content (AvgIpc) is 3.15. The van der Waals surface area contributed by atoms with E-state index in [1.165, 1.54) is 77.0 Å². The zero-order chi connectivity index (χ0) is 15.6. The van der Waals surface area contributed by atoms with E-state index in [1.54, 1.807) is 0 Å². The number of rotatable bonds is 4. The van der Waals surface area contributed by atoms with Crippen molar-refractivity contribution in [1.82, 2.24) is 10.2 Å². The lowest BCUT2D eigenvalue weighted by molar-refractivity contribution is -0.133. The molecule has 4 aliphatic rings. The third kappa shape index (κ3) is 3.75. The molecule has 3 aliphatic heterocycles.